The molecule has 0 atom stereocenters. The molecule has 1 aliphatic heterocycles. The third-order valence-corrected chi connectivity index (χ3v) is 6.43. The minimum absolute atomic E-state index is 0.108. The Morgan fingerprint density at radius 2 is 1.97 bits per heavy atom. The van der Waals surface area contributed by atoms with Gasteiger partial charge in [-0.3, -0.25) is 9.78 Å². The Kier molecular flexibility index (Phi) is 7.55. The molecule has 0 saturated carbocycles. The molecule has 1 aliphatic rings. The summed E-state index contributed by atoms with van der Waals surface area (Å²) in [7, 11) is 0. The van der Waals surface area contributed by atoms with Gasteiger partial charge in [-0.2, -0.15) is 0 Å². The number of carbonyl (C=O) groups excluding carboxylic acids is 1. The van der Waals surface area contributed by atoms with Crippen LogP contribution in [0.4, 0.5) is 0 Å². The molecule has 3 aromatic rings. The van der Waals surface area contributed by atoms with Crippen molar-refractivity contribution >= 4 is 23.2 Å². The second-order valence-corrected chi connectivity index (χ2v) is 8.72. The molecule has 4 rings (SSSR count). The topological polar surface area (TPSA) is 51.2 Å². The van der Waals surface area contributed by atoms with Crippen molar-refractivity contribution in [2.24, 2.45) is 0 Å². The highest BCUT2D eigenvalue weighted by atomic mass is 32.2. The number of nitrogens with one attached hydrogen (secondary N) is 1. The van der Waals surface area contributed by atoms with Crippen LogP contribution in [0, 0.1) is 0 Å². The first kappa shape index (κ1) is 22.8. The molecule has 0 fully saturated rings. The number of thioether (sulfide) groups is 1. The molecule has 2 aromatic carbocycles. The lowest BCUT2D eigenvalue weighted by Crippen LogP contribution is -2.23. The lowest BCUT2D eigenvalue weighted by molar-refractivity contribution is 0.0950. The van der Waals surface area contributed by atoms with Crippen molar-refractivity contribution in [1.82, 2.24) is 10.3 Å². The number of rotatable bonds is 7. The second kappa shape index (κ2) is 10.9. The highest BCUT2D eigenvalue weighted by Gasteiger charge is 2.13. The fourth-order valence-corrected chi connectivity index (χ4v) is 4.60. The van der Waals surface area contributed by atoms with Gasteiger partial charge in [-0.15, -0.1) is 11.8 Å². The van der Waals surface area contributed by atoms with Gasteiger partial charge in [-0.05, 0) is 58.2 Å². The lowest BCUT2D eigenvalue weighted by atomic mass is 9.99. The van der Waals surface area contributed by atoms with E-state index in [-0.39, 0.29) is 5.91 Å². The molecule has 0 bridgehead atoms. The standard InChI is InChI=1S/C28H26N2O2S/c1-3-6-20(4-2)21-7-5-8-22(15-21)23-11-12-29-26(16-23)18-30-28(31)24-9-10-25-19-32-13-14-33-27(25)17-24/h3-12,15-17H,1-2,13-14,18-19H2,(H,30,31)/b20-6+. The number of hydrogen-bond donors (Lipinski definition) is 1. The third kappa shape index (κ3) is 5.69. The van der Waals surface area contributed by atoms with Crippen LogP contribution in [0.3, 0.4) is 0 Å². The number of carbonyl (C=O) groups is 1. The molecule has 33 heavy (non-hydrogen) atoms. The maximum atomic E-state index is 12.8. The molecule has 0 radical (unpaired) electrons. The number of ether oxygens (including phenoxy) is 1. The van der Waals surface area contributed by atoms with Gasteiger partial charge in [0.05, 0.1) is 25.5 Å². The molecule has 1 amide bonds. The number of amides is 1. The quantitative estimate of drug-likeness (QED) is 0.441. The van der Waals surface area contributed by atoms with Crippen LogP contribution in [-0.4, -0.2) is 23.3 Å². The maximum absolute atomic E-state index is 12.8. The van der Waals surface area contributed by atoms with Gasteiger partial charge in [-0.25, -0.2) is 0 Å². The average Bonchev–Trinajstić information content (AvgIpc) is 3.11. The van der Waals surface area contributed by atoms with Gasteiger partial charge in [0.25, 0.3) is 5.91 Å². The van der Waals surface area contributed by atoms with Gasteiger partial charge in [0.1, 0.15) is 0 Å². The number of benzene rings is 2. The minimum Gasteiger partial charge on any atom is -0.376 e. The van der Waals surface area contributed by atoms with E-state index in [2.05, 4.69) is 35.6 Å². The monoisotopic (exact) mass is 454 g/mol. The van der Waals surface area contributed by atoms with Crippen molar-refractivity contribution in [3.8, 4) is 11.1 Å². The Morgan fingerprint density at radius 1 is 1.09 bits per heavy atom. The smallest absolute Gasteiger partial charge is 0.251 e. The average molecular weight is 455 g/mol. The van der Waals surface area contributed by atoms with Crippen LogP contribution in [-0.2, 0) is 17.9 Å². The number of aromatic nitrogens is 1. The van der Waals surface area contributed by atoms with Crippen molar-refractivity contribution in [3.05, 3.63) is 115 Å². The summed E-state index contributed by atoms with van der Waals surface area (Å²) in [4.78, 5) is 18.3. The van der Waals surface area contributed by atoms with Gasteiger partial charge in [0.2, 0.25) is 0 Å². The molecule has 0 unspecified atom stereocenters. The number of nitrogens with zero attached hydrogens (tertiary/aromatic N) is 1. The zero-order chi connectivity index (χ0) is 23.0. The molecular weight excluding hydrogens is 428 g/mol. The van der Waals surface area contributed by atoms with E-state index in [0.717, 1.165) is 50.8 Å². The summed E-state index contributed by atoms with van der Waals surface area (Å²) >= 11 is 1.73. The molecule has 2 heterocycles. The molecule has 5 heteroatoms. The van der Waals surface area contributed by atoms with Crippen LogP contribution < -0.4 is 5.32 Å². The van der Waals surface area contributed by atoms with E-state index >= 15 is 0 Å². The number of hydrogen-bond acceptors (Lipinski definition) is 4. The highest BCUT2D eigenvalue weighted by molar-refractivity contribution is 7.99. The summed E-state index contributed by atoms with van der Waals surface area (Å²) < 4.78 is 5.57. The van der Waals surface area contributed by atoms with Gasteiger partial charge in [-0.1, -0.05) is 55.7 Å². The second-order valence-electron chi connectivity index (χ2n) is 7.58. The number of pyridine rings is 1. The van der Waals surface area contributed by atoms with Gasteiger partial charge in [0.15, 0.2) is 0 Å². The van der Waals surface area contributed by atoms with Crippen molar-refractivity contribution in [2.75, 3.05) is 12.4 Å². The van der Waals surface area contributed by atoms with E-state index in [9.17, 15) is 4.79 Å². The van der Waals surface area contributed by atoms with Crippen LogP contribution >= 0.6 is 11.8 Å². The largest absolute Gasteiger partial charge is 0.376 e. The molecule has 1 aromatic heterocycles. The van der Waals surface area contributed by atoms with E-state index in [1.807, 2.05) is 54.6 Å². The van der Waals surface area contributed by atoms with E-state index in [1.54, 1.807) is 24.0 Å². The van der Waals surface area contributed by atoms with Crippen molar-refractivity contribution < 1.29 is 9.53 Å². The maximum Gasteiger partial charge on any atom is 0.251 e. The predicted octanol–water partition coefficient (Wildman–Crippen LogP) is 6.06. The minimum atomic E-state index is -0.108. The molecule has 0 saturated heterocycles. The van der Waals surface area contributed by atoms with Crippen LogP contribution in [0.5, 0.6) is 0 Å². The first-order valence-corrected chi connectivity index (χ1v) is 11.8. The Balaban J connectivity index is 1.47. The van der Waals surface area contributed by atoms with E-state index in [4.69, 9.17) is 4.74 Å². The summed E-state index contributed by atoms with van der Waals surface area (Å²) in [6.07, 6.45) is 7.29. The van der Waals surface area contributed by atoms with Crippen LogP contribution in [0.25, 0.3) is 16.7 Å². The Bertz CT molecular complexity index is 1220. The van der Waals surface area contributed by atoms with E-state index in [1.165, 1.54) is 0 Å². The Hall–Kier alpha value is -3.41. The summed E-state index contributed by atoms with van der Waals surface area (Å²) in [6.45, 7) is 9.35. The van der Waals surface area contributed by atoms with Gasteiger partial charge in [0, 0.05) is 22.4 Å². The van der Waals surface area contributed by atoms with Crippen LogP contribution in [0.15, 0.2) is 97.1 Å². The summed E-state index contributed by atoms with van der Waals surface area (Å²) in [5, 5.41) is 3.00. The first-order chi connectivity index (χ1) is 16.2. The van der Waals surface area contributed by atoms with E-state index < -0.39 is 0 Å². The normalized spacial score (nSPS) is 13.5. The Labute approximate surface area is 199 Å². The van der Waals surface area contributed by atoms with Gasteiger partial charge >= 0.3 is 0 Å². The molecule has 166 valence electrons. The molecule has 4 nitrogen and oxygen atoms in total. The predicted molar refractivity (Wildman–Crippen MR) is 136 cm³/mol. The first-order valence-electron chi connectivity index (χ1n) is 10.8. The number of allylic oxidation sites excluding steroid dienone is 4. The summed E-state index contributed by atoms with van der Waals surface area (Å²) in [5.41, 5.74) is 6.78. The molecular formula is C28H26N2O2S. The number of fused-ring (bicyclic) bond motifs is 1. The van der Waals surface area contributed by atoms with Crippen LogP contribution in [0.2, 0.25) is 0 Å². The van der Waals surface area contributed by atoms with Crippen LogP contribution in [0.1, 0.15) is 27.2 Å². The van der Waals surface area contributed by atoms with Crippen molar-refractivity contribution in [3.63, 3.8) is 0 Å². The molecule has 1 N–H and O–H groups in total. The highest BCUT2D eigenvalue weighted by Crippen LogP contribution is 2.28. The summed E-state index contributed by atoms with van der Waals surface area (Å²) in [5.74, 6) is 0.788. The SMILES string of the molecule is C=C/C=C(\C=C)c1cccc(-c2ccnc(CNC(=O)c3ccc4c(c3)SCCOC4)c2)c1. The van der Waals surface area contributed by atoms with Crippen molar-refractivity contribution in [1.29, 1.82) is 0 Å². The molecule has 0 spiro atoms. The van der Waals surface area contributed by atoms with E-state index in [0.29, 0.717) is 18.7 Å². The van der Waals surface area contributed by atoms with Crippen molar-refractivity contribution in [2.45, 2.75) is 18.0 Å². The fraction of sp³-hybridized carbons (Fsp3) is 0.143. The third-order valence-electron chi connectivity index (χ3n) is 5.37. The lowest BCUT2D eigenvalue weighted by Gasteiger charge is -2.10. The fourth-order valence-electron chi connectivity index (χ4n) is 3.66. The zero-order valence-electron chi connectivity index (χ0n) is 18.4. The molecule has 0 aliphatic carbocycles. The zero-order valence-corrected chi connectivity index (χ0v) is 19.2. The summed E-state index contributed by atoms with van der Waals surface area (Å²) in [6, 6.07) is 18.0. The van der Waals surface area contributed by atoms with Gasteiger partial charge < -0.3 is 10.1 Å². The Morgan fingerprint density at radius 3 is 2.82 bits per heavy atom.